The van der Waals surface area contributed by atoms with Gasteiger partial charge in [0.15, 0.2) is 0 Å². The maximum Gasteiger partial charge on any atom is 0.335 e. The van der Waals surface area contributed by atoms with E-state index in [1.807, 2.05) is 32.0 Å². The highest BCUT2D eigenvalue weighted by molar-refractivity contribution is 5.89. The summed E-state index contributed by atoms with van der Waals surface area (Å²) in [4.78, 5) is 10.4. The van der Waals surface area contributed by atoms with Crippen LogP contribution in [0.1, 0.15) is 27.0 Å². The van der Waals surface area contributed by atoms with Crippen LogP contribution in [0, 0.1) is 20.8 Å². The number of hydrogen-bond acceptors (Lipinski definition) is 2. The van der Waals surface area contributed by atoms with Crippen LogP contribution in [0.4, 0.5) is 0 Å². The molecule has 0 aliphatic rings. The molecule has 3 nitrogen and oxygen atoms in total. The first-order valence-electron chi connectivity index (χ1n) is 5.97. The van der Waals surface area contributed by atoms with Crippen LogP contribution in [-0.2, 0) is 0 Å². The Morgan fingerprint density at radius 3 is 1.89 bits per heavy atom. The summed E-state index contributed by atoms with van der Waals surface area (Å²) in [5.74, 6) is -0.479. The van der Waals surface area contributed by atoms with Crippen LogP contribution >= 0.6 is 0 Å². The molecule has 2 rings (SSSR count). The summed E-state index contributed by atoms with van der Waals surface area (Å²) in [6.07, 6.45) is 0. The van der Waals surface area contributed by atoms with Crippen molar-refractivity contribution in [3.05, 3.63) is 64.7 Å². The highest BCUT2D eigenvalue weighted by Gasteiger charge is 2.02. The molecule has 0 radical (unpaired) electrons. The fourth-order valence-electron chi connectivity index (χ4n) is 1.55. The van der Waals surface area contributed by atoms with Gasteiger partial charge in [0, 0.05) is 0 Å². The Morgan fingerprint density at radius 2 is 1.47 bits per heavy atom. The Balaban J connectivity index is 0.000000191. The topological polar surface area (TPSA) is 57.5 Å². The van der Waals surface area contributed by atoms with Gasteiger partial charge >= 0.3 is 5.97 Å². The van der Waals surface area contributed by atoms with Crippen molar-refractivity contribution in [2.75, 3.05) is 0 Å². The lowest BCUT2D eigenvalue weighted by Gasteiger charge is -1.99. The lowest BCUT2D eigenvalue weighted by Crippen LogP contribution is -1.97. The normalized spacial score (nSPS) is 9.42. The molecule has 0 bridgehead atoms. The monoisotopic (exact) mass is 258 g/mol. The van der Waals surface area contributed by atoms with Crippen molar-refractivity contribution >= 4 is 5.97 Å². The highest BCUT2D eigenvalue weighted by Crippen LogP contribution is 2.17. The molecule has 0 heterocycles. The third-order valence-electron chi connectivity index (χ3n) is 2.95. The summed E-state index contributed by atoms with van der Waals surface area (Å²) < 4.78 is 0. The number of aromatic carboxylic acids is 1. The Kier molecular flexibility index (Phi) is 5.12. The average Bonchev–Trinajstić information content (AvgIpc) is 2.37. The van der Waals surface area contributed by atoms with Crippen molar-refractivity contribution in [1.29, 1.82) is 0 Å². The van der Waals surface area contributed by atoms with Gasteiger partial charge in [0.25, 0.3) is 0 Å². The number of aromatic hydroxyl groups is 1. The SMILES string of the molecule is Cc1cccc(O)c1C.Cc1ccccc1C(=O)O. The number of carbonyl (C=O) groups is 1. The Labute approximate surface area is 113 Å². The molecule has 0 atom stereocenters. The second kappa shape index (κ2) is 6.59. The van der Waals surface area contributed by atoms with E-state index in [9.17, 15) is 4.79 Å². The van der Waals surface area contributed by atoms with Crippen molar-refractivity contribution in [1.82, 2.24) is 0 Å². The van der Waals surface area contributed by atoms with Gasteiger partial charge < -0.3 is 10.2 Å². The number of carboxylic acids is 1. The number of rotatable bonds is 1. The van der Waals surface area contributed by atoms with Gasteiger partial charge in [0.2, 0.25) is 0 Å². The van der Waals surface area contributed by atoms with E-state index in [2.05, 4.69) is 0 Å². The fraction of sp³-hybridized carbons (Fsp3) is 0.188. The zero-order valence-corrected chi connectivity index (χ0v) is 11.3. The molecule has 0 aliphatic heterocycles. The van der Waals surface area contributed by atoms with Gasteiger partial charge in [-0.05, 0) is 49.6 Å². The van der Waals surface area contributed by atoms with Crippen molar-refractivity contribution in [3.8, 4) is 5.75 Å². The predicted octanol–water partition coefficient (Wildman–Crippen LogP) is 3.70. The van der Waals surface area contributed by atoms with Gasteiger partial charge in [-0.1, -0.05) is 30.3 Å². The Hall–Kier alpha value is -2.29. The minimum absolute atomic E-state index is 0.377. The number of hydrogen-bond donors (Lipinski definition) is 2. The molecule has 0 saturated carbocycles. The molecule has 2 N–H and O–H groups in total. The zero-order chi connectivity index (χ0) is 14.4. The summed E-state index contributed by atoms with van der Waals surface area (Å²) in [7, 11) is 0. The van der Waals surface area contributed by atoms with Crippen molar-refractivity contribution in [2.45, 2.75) is 20.8 Å². The zero-order valence-electron chi connectivity index (χ0n) is 11.3. The molecule has 3 heteroatoms. The summed E-state index contributed by atoms with van der Waals surface area (Å²) >= 11 is 0. The maximum absolute atomic E-state index is 10.4. The van der Waals surface area contributed by atoms with Crippen LogP contribution in [0.5, 0.6) is 5.75 Å². The van der Waals surface area contributed by atoms with E-state index < -0.39 is 5.97 Å². The standard InChI is InChI=1S/C8H8O2.C8H10O/c1-6-4-2-3-5-7(6)8(9)10;1-6-4-3-5-8(9)7(6)2/h2-5H,1H3,(H,9,10);3-5,9H,1-2H3. The quantitative estimate of drug-likeness (QED) is 0.820. The van der Waals surface area contributed by atoms with Gasteiger partial charge in [-0.25, -0.2) is 4.79 Å². The number of benzene rings is 2. The third-order valence-corrected chi connectivity index (χ3v) is 2.95. The molecule has 2 aromatic carbocycles. The number of carboxylic acid groups (broad SMARTS) is 1. The lowest BCUT2D eigenvalue weighted by atomic mass is 10.1. The molecule has 0 saturated heterocycles. The second-order valence-corrected chi connectivity index (χ2v) is 4.34. The lowest BCUT2D eigenvalue weighted by molar-refractivity contribution is 0.0696. The van der Waals surface area contributed by atoms with Gasteiger partial charge in [-0.15, -0.1) is 0 Å². The fourth-order valence-corrected chi connectivity index (χ4v) is 1.55. The predicted molar refractivity (Wildman–Crippen MR) is 75.7 cm³/mol. The molecule has 19 heavy (non-hydrogen) atoms. The average molecular weight is 258 g/mol. The van der Waals surface area contributed by atoms with E-state index in [4.69, 9.17) is 10.2 Å². The van der Waals surface area contributed by atoms with Gasteiger partial charge in [-0.2, -0.15) is 0 Å². The number of aryl methyl sites for hydroxylation is 2. The minimum Gasteiger partial charge on any atom is -0.508 e. The summed E-state index contributed by atoms with van der Waals surface area (Å²) in [6.45, 7) is 5.67. The molecule has 0 spiro atoms. The van der Waals surface area contributed by atoms with Gasteiger partial charge in [0.1, 0.15) is 5.75 Å². The van der Waals surface area contributed by atoms with Gasteiger partial charge in [-0.3, -0.25) is 0 Å². The molecular weight excluding hydrogens is 240 g/mol. The van der Waals surface area contributed by atoms with E-state index in [1.165, 1.54) is 0 Å². The third kappa shape index (κ3) is 4.14. The summed E-state index contributed by atoms with van der Waals surface area (Å²) in [5.41, 5.74) is 3.28. The maximum atomic E-state index is 10.4. The van der Waals surface area contributed by atoms with Crippen LogP contribution in [0.25, 0.3) is 0 Å². The van der Waals surface area contributed by atoms with Crippen molar-refractivity contribution in [3.63, 3.8) is 0 Å². The molecule has 0 fully saturated rings. The number of phenolic OH excluding ortho intramolecular Hbond substituents is 1. The van der Waals surface area contributed by atoms with Crippen LogP contribution < -0.4 is 0 Å². The first-order valence-corrected chi connectivity index (χ1v) is 5.97. The van der Waals surface area contributed by atoms with E-state index in [0.29, 0.717) is 11.3 Å². The molecule has 0 aliphatic carbocycles. The highest BCUT2D eigenvalue weighted by atomic mass is 16.4. The molecule has 100 valence electrons. The molecule has 2 aromatic rings. The number of phenols is 1. The summed E-state index contributed by atoms with van der Waals surface area (Å²) in [6, 6.07) is 12.4. The first-order chi connectivity index (χ1) is 8.93. The molecule has 0 unspecified atom stereocenters. The molecule has 0 aromatic heterocycles. The van der Waals surface area contributed by atoms with E-state index in [0.717, 1.165) is 16.7 Å². The van der Waals surface area contributed by atoms with Crippen molar-refractivity contribution < 1.29 is 15.0 Å². The minimum atomic E-state index is -0.863. The summed E-state index contributed by atoms with van der Waals surface area (Å²) in [5, 5.41) is 17.7. The molecular formula is C16H18O3. The van der Waals surface area contributed by atoms with Crippen molar-refractivity contribution in [2.24, 2.45) is 0 Å². The van der Waals surface area contributed by atoms with Crippen LogP contribution in [0.3, 0.4) is 0 Å². The Bertz CT molecular complexity index is 554. The second-order valence-electron chi connectivity index (χ2n) is 4.34. The van der Waals surface area contributed by atoms with E-state index in [-0.39, 0.29) is 0 Å². The Morgan fingerprint density at radius 1 is 0.895 bits per heavy atom. The van der Waals surface area contributed by atoms with E-state index >= 15 is 0 Å². The smallest absolute Gasteiger partial charge is 0.335 e. The van der Waals surface area contributed by atoms with E-state index in [1.54, 1.807) is 31.2 Å². The van der Waals surface area contributed by atoms with Crippen LogP contribution in [0.15, 0.2) is 42.5 Å². The van der Waals surface area contributed by atoms with Gasteiger partial charge in [0.05, 0.1) is 5.56 Å². The van der Waals surface area contributed by atoms with Crippen LogP contribution in [0.2, 0.25) is 0 Å². The first kappa shape index (κ1) is 14.8. The largest absolute Gasteiger partial charge is 0.508 e. The van der Waals surface area contributed by atoms with Crippen LogP contribution in [-0.4, -0.2) is 16.2 Å². The molecule has 0 amide bonds.